The van der Waals surface area contributed by atoms with Gasteiger partial charge in [0.1, 0.15) is 0 Å². The summed E-state index contributed by atoms with van der Waals surface area (Å²) >= 11 is 0. The summed E-state index contributed by atoms with van der Waals surface area (Å²) < 4.78 is 0. The van der Waals surface area contributed by atoms with Crippen LogP contribution in [0.15, 0.2) is 0 Å². The van der Waals surface area contributed by atoms with E-state index in [0.717, 1.165) is 5.43 Å². The smallest absolute Gasteiger partial charge is 0.315 e. The summed E-state index contributed by atoms with van der Waals surface area (Å²) in [6, 6.07) is 0. The molecule has 22 heavy (non-hydrogen) atoms. The van der Waals surface area contributed by atoms with E-state index in [1.807, 2.05) is 0 Å². The first-order chi connectivity index (χ1) is 10.1. The van der Waals surface area contributed by atoms with Crippen molar-refractivity contribution in [3.8, 4) is 0 Å². The predicted molar refractivity (Wildman–Crippen MR) is 59.5 cm³/mol. The Balaban J connectivity index is 5.08. The fourth-order valence-corrected chi connectivity index (χ4v) is 1.03. The molecule has 0 heterocycles. The van der Waals surface area contributed by atoms with Gasteiger partial charge >= 0.3 is 6.35 Å². The third kappa shape index (κ3) is 5.79. The molecule has 0 aromatic heterocycles. The Hall–Kier alpha value is -3.28. The lowest BCUT2D eigenvalue weighted by Crippen LogP contribution is -2.57. The zero-order chi connectivity index (χ0) is 17.4. The summed E-state index contributed by atoms with van der Waals surface area (Å²) in [6.45, 7) is -3.82. The van der Waals surface area contributed by atoms with Crippen molar-refractivity contribution in [2.45, 2.75) is 6.35 Å². The molecular weight excluding hydrogens is 320 g/mol. The van der Waals surface area contributed by atoms with Crippen molar-refractivity contribution in [2.75, 3.05) is 20.1 Å². The number of nitrogens with one attached hydrogen (secondary N) is 1. The van der Waals surface area contributed by atoms with Crippen LogP contribution in [-0.2, 0) is 0 Å². The van der Waals surface area contributed by atoms with Gasteiger partial charge in [-0.25, -0.2) is 40.5 Å². The Labute approximate surface area is 119 Å². The lowest BCUT2D eigenvalue weighted by molar-refractivity contribution is -0.751. The van der Waals surface area contributed by atoms with Gasteiger partial charge in [0.15, 0.2) is 26.9 Å². The van der Waals surface area contributed by atoms with Crippen LogP contribution in [0, 0.1) is 40.5 Å². The second-order valence-corrected chi connectivity index (χ2v) is 3.35. The number of hydrazine groups is 4. The van der Waals surface area contributed by atoms with Gasteiger partial charge in [0, 0.05) is 0 Å². The molecule has 0 spiro atoms. The summed E-state index contributed by atoms with van der Waals surface area (Å²) in [6.07, 6.45) is -2.55. The fraction of sp³-hybridized carbons (Fsp3) is 1.00. The van der Waals surface area contributed by atoms with Crippen LogP contribution in [-0.4, -0.2) is 71.8 Å². The topological polar surface area (TPSA) is 235 Å². The van der Waals surface area contributed by atoms with Crippen molar-refractivity contribution >= 4 is 0 Å². The van der Waals surface area contributed by atoms with E-state index < -0.39 is 46.5 Å². The Morgan fingerprint density at radius 2 is 1.41 bits per heavy atom. The summed E-state index contributed by atoms with van der Waals surface area (Å²) in [4.78, 5) is 41.8. The lowest BCUT2D eigenvalue weighted by atomic mass is 10.7. The van der Waals surface area contributed by atoms with Crippen LogP contribution in [0.3, 0.4) is 0 Å². The van der Waals surface area contributed by atoms with Gasteiger partial charge < -0.3 is 10.2 Å². The van der Waals surface area contributed by atoms with Crippen LogP contribution in [0.25, 0.3) is 0 Å². The first-order valence-corrected chi connectivity index (χ1v) is 4.99. The van der Waals surface area contributed by atoms with E-state index in [0.29, 0.717) is 0 Å². The monoisotopic (exact) mass is 330 g/mol. The zero-order valence-corrected chi connectivity index (χ0v) is 10.5. The number of rotatable bonds is 11. The van der Waals surface area contributed by atoms with Gasteiger partial charge in [-0.05, 0) is 5.01 Å². The van der Waals surface area contributed by atoms with Gasteiger partial charge in [0.05, 0.1) is 0 Å². The highest BCUT2D eigenvalue weighted by Crippen LogP contribution is 2.01. The second kappa shape index (κ2) is 8.11. The van der Waals surface area contributed by atoms with Gasteiger partial charge in [-0.1, -0.05) is 15.4 Å². The van der Waals surface area contributed by atoms with Gasteiger partial charge in [-0.2, -0.15) is 0 Å². The highest BCUT2D eigenvalue weighted by atomic mass is 16.7. The molecule has 0 saturated carbocycles. The van der Waals surface area contributed by atoms with Crippen molar-refractivity contribution in [1.29, 1.82) is 0 Å². The highest BCUT2D eigenvalue weighted by molar-refractivity contribution is 4.45. The van der Waals surface area contributed by atoms with Gasteiger partial charge in [0.2, 0.25) is 13.3 Å². The van der Waals surface area contributed by atoms with Gasteiger partial charge in [-0.15, -0.1) is 0 Å². The Kier molecular flexibility index (Phi) is 6.90. The van der Waals surface area contributed by atoms with Crippen molar-refractivity contribution in [2.24, 2.45) is 0 Å². The molecule has 0 rings (SSSR count). The molecule has 3 N–H and O–H groups in total. The molecule has 0 aromatic carbocycles. The third-order valence-corrected chi connectivity index (χ3v) is 1.97. The zero-order valence-electron chi connectivity index (χ0n) is 10.5. The molecule has 1 unspecified atom stereocenters. The van der Waals surface area contributed by atoms with E-state index in [9.17, 15) is 40.5 Å². The van der Waals surface area contributed by atoms with Crippen LogP contribution in [0.4, 0.5) is 0 Å². The predicted octanol–water partition coefficient (Wildman–Crippen LogP) is -3.61. The summed E-state index contributed by atoms with van der Waals surface area (Å²) in [5.41, 5.74) is 1.07. The molecule has 0 fully saturated rings. The Morgan fingerprint density at radius 1 is 0.909 bits per heavy atom. The first kappa shape index (κ1) is 18.7. The maximum atomic E-state index is 10.7. The van der Waals surface area contributed by atoms with Crippen LogP contribution < -0.4 is 5.43 Å². The van der Waals surface area contributed by atoms with Crippen molar-refractivity contribution < 1.29 is 30.3 Å². The summed E-state index contributed by atoms with van der Waals surface area (Å²) in [5, 5.41) is 53.8. The van der Waals surface area contributed by atoms with Gasteiger partial charge in [-0.3, -0.25) is 0 Å². The number of hydrogen-bond acceptors (Lipinski definition) is 10. The van der Waals surface area contributed by atoms with Crippen molar-refractivity contribution in [3.05, 3.63) is 40.5 Å². The molecular formula is C4H10N8O10. The average molecular weight is 330 g/mol. The largest absolute Gasteiger partial charge is 0.371 e. The van der Waals surface area contributed by atoms with Crippen molar-refractivity contribution in [1.82, 2.24) is 20.5 Å². The normalized spacial score (nSPS) is 11.2. The van der Waals surface area contributed by atoms with Crippen LogP contribution in [0.1, 0.15) is 0 Å². The molecule has 0 aromatic rings. The van der Waals surface area contributed by atoms with E-state index in [4.69, 9.17) is 10.2 Å². The molecule has 0 aliphatic heterocycles. The first-order valence-electron chi connectivity index (χ1n) is 4.99. The lowest BCUT2D eigenvalue weighted by Gasteiger charge is -2.22. The molecule has 0 amide bonds. The maximum absolute atomic E-state index is 10.7. The molecule has 0 radical (unpaired) electrons. The Morgan fingerprint density at radius 3 is 1.73 bits per heavy atom. The molecule has 18 heteroatoms. The SMILES string of the molecule is O=[N+]([O-])NC(O)N(CN(CN(CO)[N+](=O)[O-])[N+](=O)[O-])[N+](=O)[O-]. The molecule has 18 nitrogen and oxygen atoms in total. The highest BCUT2D eigenvalue weighted by Gasteiger charge is 2.35. The molecule has 0 aliphatic rings. The second-order valence-electron chi connectivity index (χ2n) is 3.35. The number of nitrogens with zero attached hydrogens (tertiary/aromatic N) is 7. The standard InChI is InChI=1S/C4H10N8O10/c13-3-7(11(19)20)1-6(10(17)18)2-8(12(21)22)4(14)5-9(15)16/h4-5,13-14H,1-3H2. The molecule has 0 aliphatic carbocycles. The minimum absolute atomic E-state index is 0.0752. The Bertz CT molecular complexity index is 443. The minimum Gasteiger partial charge on any atom is -0.371 e. The van der Waals surface area contributed by atoms with E-state index >= 15 is 0 Å². The fourth-order valence-electron chi connectivity index (χ4n) is 1.03. The number of aliphatic hydroxyl groups is 2. The van der Waals surface area contributed by atoms with Crippen LogP contribution in [0.5, 0.6) is 0 Å². The molecule has 126 valence electrons. The van der Waals surface area contributed by atoms with Gasteiger partial charge in [0.25, 0.3) is 0 Å². The number of aliphatic hydroxyl groups excluding tert-OH is 2. The minimum atomic E-state index is -2.55. The number of nitro groups is 4. The van der Waals surface area contributed by atoms with E-state index in [1.54, 1.807) is 0 Å². The van der Waals surface area contributed by atoms with E-state index in [1.165, 1.54) is 0 Å². The number of hydrogen-bond donors (Lipinski definition) is 3. The van der Waals surface area contributed by atoms with Crippen LogP contribution >= 0.6 is 0 Å². The average Bonchev–Trinajstić information content (AvgIpc) is 2.36. The molecule has 1 atom stereocenters. The van der Waals surface area contributed by atoms with Crippen molar-refractivity contribution in [3.63, 3.8) is 0 Å². The molecule has 0 bridgehead atoms. The summed E-state index contributed by atoms with van der Waals surface area (Å²) in [5.74, 6) is 0. The van der Waals surface area contributed by atoms with E-state index in [-0.39, 0.29) is 15.0 Å². The van der Waals surface area contributed by atoms with Crippen LogP contribution in [0.2, 0.25) is 0 Å². The summed E-state index contributed by atoms with van der Waals surface area (Å²) in [7, 11) is 0. The third-order valence-electron chi connectivity index (χ3n) is 1.97. The molecule has 0 saturated heterocycles. The maximum Gasteiger partial charge on any atom is 0.315 e. The van der Waals surface area contributed by atoms with E-state index in [2.05, 4.69) is 0 Å². The quantitative estimate of drug-likeness (QED) is 0.188.